The highest BCUT2D eigenvalue weighted by molar-refractivity contribution is 5.95. The van der Waals surface area contributed by atoms with Crippen molar-refractivity contribution < 1.29 is 9.53 Å². The van der Waals surface area contributed by atoms with E-state index in [1.807, 2.05) is 18.2 Å². The Hall–Kier alpha value is -1.59. The Morgan fingerprint density at radius 1 is 1.12 bits per heavy atom. The number of carbonyl (C=O) groups is 1. The van der Waals surface area contributed by atoms with Crippen LogP contribution in [-0.2, 0) is 9.53 Å². The fraction of sp³-hybridized carbons (Fsp3) is 0.632. The van der Waals surface area contributed by atoms with Gasteiger partial charge in [0.15, 0.2) is 0 Å². The maximum atomic E-state index is 12.3. The van der Waals surface area contributed by atoms with E-state index in [0.717, 1.165) is 50.1 Å². The van der Waals surface area contributed by atoms with Crippen LogP contribution in [0.5, 0.6) is 0 Å². The number of anilines is 2. The van der Waals surface area contributed by atoms with E-state index < -0.39 is 0 Å². The van der Waals surface area contributed by atoms with Gasteiger partial charge in [0.25, 0.3) is 0 Å². The summed E-state index contributed by atoms with van der Waals surface area (Å²) in [5, 5.41) is 6.39. The molecular formula is C19H29N3O2. The summed E-state index contributed by atoms with van der Waals surface area (Å²) < 4.78 is 5.41. The van der Waals surface area contributed by atoms with Gasteiger partial charge in [0.2, 0.25) is 5.91 Å². The van der Waals surface area contributed by atoms with Crippen molar-refractivity contribution in [2.75, 3.05) is 49.6 Å². The minimum Gasteiger partial charge on any atom is -0.378 e. The lowest BCUT2D eigenvalue weighted by atomic mass is 9.89. The molecule has 0 spiro atoms. The van der Waals surface area contributed by atoms with Gasteiger partial charge in [0.1, 0.15) is 0 Å². The van der Waals surface area contributed by atoms with E-state index in [2.05, 4.69) is 21.6 Å². The predicted octanol–water partition coefficient (Wildman–Crippen LogP) is 2.63. The number of nitrogens with zero attached hydrogens (tertiary/aromatic N) is 1. The molecule has 1 aliphatic carbocycles. The average molecular weight is 331 g/mol. The topological polar surface area (TPSA) is 53.6 Å². The first kappa shape index (κ1) is 17.2. The van der Waals surface area contributed by atoms with E-state index in [1.165, 1.54) is 32.1 Å². The Labute approximate surface area is 144 Å². The molecule has 1 saturated heterocycles. The van der Waals surface area contributed by atoms with Crippen molar-refractivity contribution in [2.24, 2.45) is 5.92 Å². The van der Waals surface area contributed by atoms with Gasteiger partial charge in [-0.3, -0.25) is 4.79 Å². The van der Waals surface area contributed by atoms with Crippen molar-refractivity contribution in [1.82, 2.24) is 5.32 Å². The van der Waals surface area contributed by atoms with Gasteiger partial charge in [-0.05, 0) is 37.4 Å². The highest BCUT2D eigenvalue weighted by Gasteiger charge is 2.16. The van der Waals surface area contributed by atoms with E-state index in [4.69, 9.17) is 4.74 Å². The zero-order chi connectivity index (χ0) is 16.6. The number of para-hydroxylation sites is 2. The number of nitrogens with one attached hydrogen (secondary N) is 2. The van der Waals surface area contributed by atoms with Crippen molar-refractivity contribution >= 4 is 17.3 Å². The second kappa shape index (κ2) is 9.04. The summed E-state index contributed by atoms with van der Waals surface area (Å²) in [5.41, 5.74) is 1.98. The molecule has 2 fully saturated rings. The molecule has 0 radical (unpaired) electrons. The molecule has 5 heteroatoms. The number of morpholine rings is 1. The minimum absolute atomic E-state index is 0.0338. The van der Waals surface area contributed by atoms with Gasteiger partial charge in [-0.15, -0.1) is 0 Å². The Morgan fingerprint density at radius 3 is 2.67 bits per heavy atom. The van der Waals surface area contributed by atoms with Crippen LogP contribution < -0.4 is 15.5 Å². The van der Waals surface area contributed by atoms with Crippen molar-refractivity contribution in [3.8, 4) is 0 Å². The number of hydrogen-bond acceptors (Lipinski definition) is 4. The molecule has 0 bridgehead atoms. The lowest BCUT2D eigenvalue weighted by Gasteiger charge is -2.30. The molecule has 0 unspecified atom stereocenters. The Kier molecular flexibility index (Phi) is 6.49. The van der Waals surface area contributed by atoms with Crippen LogP contribution >= 0.6 is 0 Å². The molecule has 132 valence electrons. The molecule has 1 aliphatic heterocycles. The molecule has 24 heavy (non-hydrogen) atoms. The third kappa shape index (κ3) is 4.95. The van der Waals surface area contributed by atoms with Gasteiger partial charge in [-0.1, -0.05) is 31.4 Å². The summed E-state index contributed by atoms with van der Waals surface area (Å²) in [7, 11) is 0. The van der Waals surface area contributed by atoms with E-state index in [1.54, 1.807) is 0 Å². The number of rotatable bonds is 6. The van der Waals surface area contributed by atoms with Crippen LogP contribution in [0.15, 0.2) is 24.3 Å². The number of carbonyl (C=O) groups excluding carboxylic acids is 1. The average Bonchev–Trinajstić information content (AvgIpc) is 2.64. The minimum atomic E-state index is 0.0338. The van der Waals surface area contributed by atoms with Crippen molar-refractivity contribution in [2.45, 2.75) is 32.1 Å². The van der Waals surface area contributed by atoms with Gasteiger partial charge >= 0.3 is 0 Å². The largest absolute Gasteiger partial charge is 0.378 e. The lowest BCUT2D eigenvalue weighted by Crippen LogP contribution is -2.37. The summed E-state index contributed by atoms with van der Waals surface area (Å²) in [6.07, 6.45) is 6.65. The number of hydrogen-bond donors (Lipinski definition) is 2. The second-order valence-electron chi connectivity index (χ2n) is 6.80. The fourth-order valence-electron chi connectivity index (χ4n) is 3.63. The normalized spacial score (nSPS) is 19.2. The van der Waals surface area contributed by atoms with Gasteiger partial charge in [0, 0.05) is 13.1 Å². The zero-order valence-electron chi connectivity index (χ0n) is 14.4. The van der Waals surface area contributed by atoms with E-state index >= 15 is 0 Å². The number of ether oxygens (including phenoxy) is 1. The molecule has 2 N–H and O–H groups in total. The molecule has 1 heterocycles. The molecule has 1 aromatic carbocycles. The molecule has 1 saturated carbocycles. The van der Waals surface area contributed by atoms with Crippen LogP contribution in [-0.4, -0.2) is 45.3 Å². The first-order chi connectivity index (χ1) is 11.8. The molecule has 3 rings (SSSR count). The van der Waals surface area contributed by atoms with Gasteiger partial charge in [0.05, 0.1) is 31.1 Å². The molecule has 1 aromatic rings. The summed E-state index contributed by atoms with van der Waals surface area (Å²) in [6.45, 7) is 4.56. The number of amides is 1. The summed E-state index contributed by atoms with van der Waals surface area (Å²) >= 11 is 0. The van der Waals surface area contributed by atoms with Crippen molar-refractivity contribution in [1.29, 1.82) is 0 Å². The monoisotopic (exact) mass is 331 g/mol. The Morgan fingerprint density at radius 2 is 1.88 bits per heavy atom. The second-order valence-corrected chi connectivity index (χ2v) is 6.80. The van der Waals surface area contributed by atoms with Crippen molar-refractivity contribution in [3.63, 3.8) is 0 Å². The van der Waals surface area contributed by atoms with Crippen LogP contribution in [0.1, 0.15) is 32.1 Å². The summed E-state index contributed by atoms with van der Waals surface area (Å²) in [6, 6.07) is 8.02. The highest BCUT2D eigenvalue weighted by Crippen LogP contribution is 2.26. The van der Waals surface area contributed by atoms with Gasteiger partial charge in [-0.25, -0.2) is 0 Å². The molecule has 0 atom stereocenters. The molecule has 2 aliphatic rings. The van der Waals surface area contributed by atoms with E-state index in [0.29, 0.717) is 6.54 Å². The van der Waals surface area contributed by atoms with Crippen LogP contribution in [0.3, 0.4) is 0 Å². The first-order valence-corrected chi connectivity index (χ1v) is 9.25. The third-order valence-electron chi connectivity index (χ3n) is 4.97. The maximum absolute atomic E-state index is 12.3. The standard InChI is InChI=1S/C19H29N3O2/c23-19(15-20-14-16-6-2-1-3-7-16)21-17-8-4-5-9-18(17)22-10-12-24-13-11-22/h4-5,8-9,16,20H,1-3,6-7,10-15H2,(H,21,23). The predicted molar refractivity (Wildman–Crippen MR) is 97.5 cm³/mol. The Bertz CT molecular complexity index is 523. The SMILES string of the molecule is O=C(CNCC1CCCCC1)Nc1ccccc1N1CCOCC1. The van der Waals surface area contributed by atoms with Crippen LogP contribution in [0.4, 0.5) is 11.4 Å². The third-order valence-corrected chi connectivity index (χ3v) is 4.97. The van der Waals surface area contributed by atoms with Gasteiger partial charge in [-0.2, -0.15) is 0 Å². The first-order valence-electron chi connectivity index (χ1n) is 9.25. The lowest BCUT2D eigenvalue weighted by molar-refractivity contribution is -0.115. The number of benzene rings is 1. The van der Waals surface area contributed by atoms with E-state index in [9.17, 15) is 4.79 Å². The quantitative estimate of drug-likeness (QED) is 0.841. The fourth-order valence-corrected chi connectivity index (χ4v) is 3.63. The van der Waals surface area contributed by atoms with Gasteiger partial charge < -0.3 is 20.3 Å². The highest BCUT2D eigenvalue weighted by atomic mass is 16.5. The molecular weight excluding hydrogens is 302 g/mol. The zero-order valence-corrected chi connectivity index (χ0v) is 14.4. The van der Waals surface area contributed by atoms with Crippen molar-refractivity contribution in [3.05, 3.63) is 24.3 Å². The van der Waals surface area contributed by atoms with Crippen LogP contribution in [0, 0.1) is 5.92 Å². The Balaban J connectivity index is 1.48. The summed E-state index contributed by atoms with van der Waals surface area (Å²) in [5.74, 6) is 0.777. The summed E-state index contributed by atoms with van der Waals surface area (Å²) in [4.78, 5) is 14.5. The maximum Gasteiger partial charge on any atom is 0.238 e. The van der Waals surface area contributed by atoms with E-state index in [-0.39, 0.29) is 5.91 Å². The van der Waals surface area contributed by atoms with Crippen LogP contribution in [0.2, 0.25) is 0 Å². The van der Waals surface area contributed by atoms with Crippen LogP contribution in [0.25, 0.3) is 0 Å². The molecule has 0 aromatic heterocycles. The smallest absolute Gasteiger partial charge is 0.238 e. The molecule has 1 amide bonds. The molecule has 5 nitrogen and oxygen atoms in total.